The molecule has 0 aliphatic rings. The fourth-order valence-corrected chi connectivity index (χ4v) is 0.819. The van der Waals surface area contributed by atoms with Crippen molar-refractivity contribution in [2.45, 2.75) is 6.92 Å². The Morgan fingerprint density at radius 3 is 2.40 bits per heavy atom. The summed E-state index contributed by atoms with van der Waals surface area (Å²) in [6.07, 6.45) is 0. The predicted octanol–water partition coefficient (Wildman–Crippen LogP) is 0.747. The highest BCUT2D eigenvalue weighted by molar-refractivity contribution is 14.1. The number of allylic oxidation sites excluding steroid dienone is 2. The summed E-state index contributed by atoms with van der Waals surface area (Å²) in [5.41, 5.74) is 5.63. The molecule has 0 spiro atoms. The average molecular weight is 250 g/mol. The van der Waals surface area contributed by atoms with E-state index >= 15 is 0 Å². The van der Waals surface area contributed by atoms with Gasteiger partial charge in [0, 0.05) is 5.70 Å². The van der Waals surface area contributed by atoms with Gasteiger partial charge in [-0.05, 0) is 6.92 Å². The van der Waals surface area contributed by atoms with Gasteiger partial charge in [0.25, 0.3) is 0 Å². The summed E-state index contributed by atoms with van der Waals surface area (Å²) in [5, 5.41) is 8.39. The molecule has 2 N–H and O–H groups in total. The van der Waals surface area contributed by atoms with E-state index in [0.717, 1.165) is 0 Å². The Bertz CT molecular complexity index is 210. The molecule has 10 heavy (non-hydrogen) atoms. The number of halogens is 1. The predicted molar refractivity (Wildman–Crippen MR) is 46.4 cm³/mol. The van der Waals surface area contributed by atoms with E-state index in [0.29, 0.717) is 10.1 Å². The third-order valence-electron chi connectivity index (χ3n) is 0.906. The van der Waals surface area contributed by atoms with Crippen molar-refractivity contribution in [2.75, 3.05) is 4.43 Å². The molecular weight excluding hydrogens is 243 g/mol. The first kappa shape index (κ1) is 9.43. The molecule has 0 saturated heterocycles. The first-order valence-electron chi connectivity index (χ1n) is 2.59. The van der Waals surface area contributed by atoms with E-state index in [4.69, 9.17) is 11.0 Å². The molecule has 0 bridgehead atoms. The lowest BCUT2D eigenvalue weighted by molar-refractivity contribution is -0.112. The molecule has 0 heterocycles. The molecule has 0 aromatic carbocycles. The quantitative estimate of drug-likeness (QED) is 0.340. The number of carbonyl (C=O) groups excluding carboxylic acids is 1. The zero-order valence-electron chi connectivity index (χ0n) is 5.52. The summed E-state index contributed by atoms with van der Waals surface area (Å²) in [6.45, 7) is 1.54. The number of nitrogens with zero attached hydrogens (tertiary/aromatic N) is 1. The number of nitriles is 1. The molecule has 0 aromatic heterocycles. The van der Waals surface area contributed by atoms with Crippen LogP contribution in [0.5, 0.6) is 0 Å². The van der Waals surface area contributed by atoms with Crippen LogP contribution in [-0.4, -0.2) is 10.2 Å². The second-order valence-electron chi connectivity index (χ2n) is 1.73. The van der Waals surface area contributed by atoms with Crippen molar-refractivity contribution in [2.24, 2.45) is 5.73 Å². The summed E-state index contributed by atoms with van der Waals surface area (Å²) >= 11 is 1.89. The molecular formula is C6H7IN2O. The van der Waals surface area contributed by atoms with Gasteiger partial charge in [0.15, 0.2) is 5.78 Å². The minimum absolute atomic E-state index is 0.0781. The topological polar surface area (TPSA) is 66.9 Å². The number of Topliss-reactive ketones (excluding diaryl/α,β-unsaturated/α-hetero) is 1. The van der Waals surface area contributed by atoms with Crippen molar-refractivity contribution >= 4 is 28.4 Å². The van der Waals surface area contributed by atoms with Gasteiger partial charge in [0.2, 0.25) is 0 Å². The Balaban J connectivity index is 4.59. The second kappa shape index (κ2) is 4.28. The molecule has 0 aliphatic heterocycles. The van der Waals surface area contributed by atoms with Crippen LogP contribution in [0.1, 0.15) is 6.92 Å². The molecule has 0 aromatic rings. The van der Waals surface area contributed by atoms with Gasteiger partial charge in [-0.2, -0.15) is 5.26 Å². The van der Waals surface area contributed by atoms with E-state index < -0.39 is 0 Å². The molecule has 0 saturated carbocycles. The molecule has 0 radical (unpaired) electrons. The van der Waals surface area contributed by atoms with Crippen molar-refractivity contribution in [3.63, 3.8) is 0 Å². The van der Waals surface area contributed by atoms with Crippen LogP contribution in [0.3, 0.4) is 0 Å². The second-order valence-corrected chi connectivity index (χ2v) is 2.49. The minimum atomic E-state index is -0.205. The Kier molecular flexibility index (Phi) is 4.03. The molecule has 0 aliphatic carbocycles. The number of ketones is 1. The highest BCUT2D eigenvalue weighted by atomic mass is 127. The lowest BCUT2D eigenvalue weighted by Crippen LogP contribution is -2.08. The number of hydrogen-bond acceptors (Lipinski definition) is 3. The van der Waals surface area contributed by atoms with Gasteiger partial charge in [-0.1, -0.05) is 22.6 Å². The van der Waals surface area contributed by atoms with Gasteiger partial charge in [0.1, 0.15) is 11.6 Å². The molecule has 0 rings (SSSR count). The van der Waals surface area contributed by atoms with E-state index in [2.05, 4.69) is 0 Å². The summed E-state index contributed by atoms with van der Waals surface area (Å²) in [5.74, 6) is -0.205. The van der Waals surface area contributed by atoms with Crippen LogP contribution in [0.15, 0.2) is 11.3 Å². The summed E-state index contributed by atoms with van der Waals surface area (Å²) in [6, 6.07) is 1.75. The molecule has 0 unspecified atom stereocenters. The van der Waals surface area contributed by atoms with Crippen molar-refractivity contribution in [1.82, 2.24) is 0 Å². The highest BCUT2D eigenvalue weighted by Crippen LogP contribution is 2.00. The van der Waals surface area contributed by atoms with E-state index in [1.807, 2.05) is 22.6 Å². The Hall–Kier alpha value is -0.570. The fourth-order valence-electron chi connectivity index (χ4n) is 0.437. The third kappa shape index (κ3) is 2.35. The number of alkyl halides is 1. The fraction of sp³-hybridized carbons (Fsp3) is 0.333. The lowest BCUT2D eigenvalue weighted by Gasteiger charge is -1.94. The van der Waals surface area contributed by atoms with Crippen LogP contribution in [0.2, 0.25) is 0 Å². The van der Waals surface area contributed by atoms with Gasteiger partial charge in [-0.3, -0.25) is 4.79 Å². The van der Waals surface area contributed by atoms with Gasteiger partial charge in [-0.15, -0.1) is 0 Å². The SMILES string of the molecule is CC(N)=C(C#N)C(=O)CI. The average Bonchev–Trinajstić information content (AvgIpc) is 1.88. The summed E-state index contributed by atoms with van der Waals surface area (Å²) in [4.78, 5) is 10.8. The number of carbonyl (C=O) groups is 1. The Labute approximate surface area is 73.0 Å². The lowest BCUT2D eigenvalue weighted by atomic mass is 10.2. The normalized spacial score (nSPS) is 11.7. The van der Waals surface area contributed by atoms with Crippen LogP contribution >= 0.6 is 22.6 Å². The zero-order chi connectivity index (χ0) is 8.15. The van der Waals surface area contributed by atoms with Crippen molar-refractivity contribution in [3.05, 3.63) is 11.3 Å². The summed E-state index contributed by atoms with van der Waals surface area (Å²) in [7, 11) is 0. The van der Waals surface area contributed by atoms with E-state index in [-0.39, 0.29) is 11.4 Å². The van der Waals surface area contributed by atoms with E-state index in [1.54, 1.807) is 13.0 Å². The smallest absolute Gasteiger partial charge is 0.184 e. The van der Waals surface area contributed by atoms with Gasteiger partial charge in [-0.25, -0.2) is 0 Å². The van der Waals surface area contributed by atoms with Gasteiger partial charge < -0.3 is 5.73 Å². The largest absolute Gasteiger partial charge is 0.401 e. The van der Waals surface area contributed by atoms with Crippen LogP contribution in [0.4, 0.5) is 0 Å². The molecule has 0 amide bonds. The van der Waals surface area contributed by atoms with Crippen LogP contribution in [0.25, 0.3) is 0 Å². The first-order chi connectivity index (χ1) is 4.63. The monoisotopic (exact) mass is 250 g/mol. The highest BCUT2D eigenvalue weighted by Gasteiger charge is 2.07. The van der Waals surface area contributed by atoms with Crippen LogP contribution in [-0.2, 0) is 4.79 Å². The first-order valence-corrected chi connectivity index (χ1v) is 4.11. The number of nitrogens with two attached hydrogens (primary N) is 1. The number of rotatable bonds is 2. The molecule has 3 nitrogen and oxygen atoms in total. The molecule has 54 valence electrons. The minimum Gasteiger partial charge on any atom is -0.401 e. The van der Waals surface area contributed by atoms with Gasteiger partial charge in [0.05, 0.1) is 4.43 Å². The van der Waals surface area contributed by atoms with Gasteiger partial charge >= 0.3 is 0 Å². The van der Waals surface area contributed by atoms with Crippen LogP contribution in [0, 0.1) is 11.3 Å². The maximum atomic E-state index is 10.8. The Morgan fingerprint density at radius 2 is 2.30 bits per heavy atom. The maximum absolute atomic E-state index is 10.8. The van der Waals surface area contributed by atoms with Crippen molar-refractivity contribution < 1.29 is 4.79 Å². The van der Waals surface area contributed by atoms with Crippen LogP contribution < -0.4 is 5.73 Å². The molecule has 4 heteroatoms. The van der Waals surface area contributed by atoms with Crippen molar-refractivity contribution in [1.29, 1.82) is 5.26 Å². The van der Waals surface area contributed by atoms with E-state index in [1.165, 1.54) is 0 Å². The summed E-state index contributed by atoms with van der Waals surface area (Å²) < 4.78 is 0.301. The Morgan fingerprint density at radius 1 is 1.80 bits per heavy atom. The number of hydrogen-bond donors (Lipinski definition) is 1. The standard InChI is InChI=1S/C6H7IN2O/c1-4(9)5(3-8)6(10)2-7/h2,9H2,1H3. The maximum Gasteiger partial charge on any atom is 0.184 e. The third-order valence-corrected chi connectivity index (χ3v) is 1.60. The van der Waals surface area contributed by atoms with E-state index in [9.17, 15) is 4.79 Å². The molecule has 0 fully saturated rings. The van der Waals surface area contributed by atoms with Crippen molar-refractivity contribution in [3.8, 4) is 6.07 Å². The molecule has 0 atom stereocenters. The zero-order valence-corrected chi connectivity index (χ0v) is 7.68.